The number of carbonyl (C=O) groups excluding carboxylic acids is 1. The molecule has 0 radical (unpaired) electrons. The summed E-state index contributed by atoms with van der Waals surface area (Å²) in [4.78, 5) is 15.2. The quantitative estimate of drug-likeness (QED) is 0.743. The number of benzene rings is 2. The first-order valence-corrected chi connectivity index (χ1v) is 10.3. The molecule has 1 aliphatic heterocycles. The summed E-state index contributed by atoms with van der Waals surface area (Å²) in [5, 5.41) is 3.15. The van der Waals surface area contributed by atoms with Gasteiger partial charge in [0.05, 0.1) is 12.5 Å². The molecule has 1 heterocycles. The fourth-order valence-corrected chi connectivity index (χ4v) is 3.95. The molecule has 1 amide bonds. The third kappa shape index (κ3) is 5.37. The van der Waals surface area contributed by atoms with Gasteiger partial charge in [-0.15, -0.1) is 0 Å². The van der Waals surface area contributed by atoms with Crippen LogP contribution >= 0.6 is 0 Å². The molecule has 0 saturated carbocycles. The molecule has 2 aromatic rings. The number of methoxy groups -OCH3 is 1. The largest absolute Gasteiger partial charge is 0.496 e. The lowest BCUT2D eigenvalue weighted by Crippen LogP contribution is -2.47. The van der Waals surface area contributed by atoms with Gasteiger partial charge >= 0.3 is 0 Å². The number of likely N-dealkylation sites (N-methyl/N-ethyl adjacent to an activating group) is 1. The van der Waals surface area contributed by atoms with Crippen molar-refractivity contribution >= 4 is 5.91 Å². The van der Waals surface area contributed by atoms with Crippen LogP contribution in [0.5, 0.6) is 5.75 Å². The molecule has 2 aromatic carbocycles. The Hall–Kier alpha value is -2.37. The predicted octanol–water partition coefficient (Wildman–Crippen LogP) is 3.38. The van der Waals surface area contributed by atoms with Crippen molar-refractivity contribution in [3.8, 4) is 16.9 Å². The Labute approximate surface area is 174 Å². The Morgan fingerprint density at radius 1 is 1.14 bits per heavy atom. The fourth-order valence-electron chi connectivity index (χ4n) is 3.95. The highest BCUT2D eigenvalue weighted by Gasteiger charge is 2.40. The van der Waals surface area contributed by atoms with Crippen LogP contribution in [0.2, 0.25) is 0 Å². The van der Waals surface area contributed by atoms with Crippen molar-refractivity contribution in [2.45, 2.75) is 19.3 Å². The average Bonchev–Trinajstić information content (AvgIpc) is 2.74. The first-order valence-electron chi connectivity index (χ1n) is 10.3. The third-order valence-electron chi connectivity index (χ3n) is 5.66. The minimum Gasteiger partial charge on any atom is -0.496 e. The second kappa shape index (κ2) is 9.90. The van der Waals surface area contributed by atoms with E-state index in [1.807, 2.05) is 32.3 Å². The van der Waals surface area contributed by atoms with Crippen molar-refractivity contribution in [1.29, 1.82) is 0 Å². The summed E-state index contributed by atoms with van der Waals surface area (Å²) < 4.78 is 11.1. The second-order valence-electron chi connectivity index (χ2n) is 8.03. The van der Waals surface area contributed by atoms with Gasteiger partial charge in [0.25, 0.3) is 0 Å². The van der Waals surface area contributed by atoms with Crippen molar-refractivity contribution in [2.75, 3.05) is 47.5 Å². The van der Waals surface area contributed by atoms with Crippen LogP contribution in [0.25, 0.3) is 11.1 Å². The Balaban J connectivity index is 1.82. The molecule has 156 valence electrons. The number of hydrogen-bond donors (Lipinski definition) is 1. The van der Waals surface area contributed by atoms with Gasteiger partial charge in [-0.3, -0.25) is 4.79 Å². The normalized spacial score (nSPS) is 15.9. The molecule has 0 unspecified atom stereocenters. The van der Waals surface area contributed by atoms with Crippen LogP contribution in [-0.4, -0.2) is 58.3 Å². The van der Waals surface area contributed by atoms with Gasteiger partial charge in [-0.1, -0.05) is 42.5 Å². The Bertz CT molecular complexity index is 813. The Morgan fingerprint density at radius 2 is 1.90 bits per heavy atom. The van der Waals surface area contributed by atoms with Gasteiger partial charge in [-0.2, -0.15) is 0 Å². The first kappa shape index (κ1) is 21.3. The molecule has 5 nitrogen and oxygen atoms in total. The summed E-state index contributed by atoms with van der Waals surface area (Å²) in [6.07, 6.45) is 2.21. The van der Waals surface area contributed by atoms with Crippen LogP contribution in [0.3, 0.4) is 0 Å². The summed E-state index contributed by atoms with van der Waals surface area (Å²) in [6.45, 7) is 2.76. The maximum atomic E-state index is 13.2. The molecule has 1 N–H and O–H groups in total. The number of hydrogen-bond acceptors (Lipinski definition) is 4. The molecule has 0 bridgehead atoms. The number of nitrogens with zero attached hydrogens (tertiary/aromatic N) is 1. The molecular formula is C24H32N2O3. The lowest BCUT2D eigenvalue weighted by molar-refractivity contribution is -0.136. The standard InChI is InChI=1S/C24H32N2O3/c1-26(2)14-13-25-23(27)24(11-15-29-16-12-24)18-19-7-6-8-20(17-19)21-9-4-5-10-22(21)28-3/h4-10,17H,11-16,18H2,1-3H3,(H,25,27). The molecule has 5 heteroatoms. The molecule has 1 saturated heterocycles. The number of para-hydroxylation sites is 1. The van der Waals surface area contributed by atoms with Gasteiger partial charge in [0.1, 0.15) is 5.75 Å². The SMILES string of the molecule is COc1ccccc1-c1cccc(CC2(C(=O)NCCN(C)C)CCOCC2)c1. The van der Waals surface area contributed by atoms with Gasteiger partial charge in [0.2, 0.25) is 5.91 Å². The van der Waals surface area contributed by atoms with E-state index in [1.165, 1.54) is 0 Å². The monoisotopic (exact) mass is 396 g/mol. The molecule has 0 aromatic heterocycles. The van der Waals surface area contributed by atoms with Crippen LogP contribution in [0.15, 0.2) is 48.5 Å². The topological polar surface area (TPSA) is 50.8 Å². The van der Waals surface area contributed by atoms with Crippen molar-refractivity contribution in [2.24, 2.45) is 5.41 Å². The predicted molar refractivity (Wildman–Crippen MR) is 116 cm³/mol. The third-order valence-corrected chi connectivity index (χ3v) is 5.66. The summed E-state index contributed by atoms with van der Waals surface area (Å²) in [7, 11) is 5.72. The number of amides is 1. The van der Waals surface area contributed by atoms with E-state index in [2.05, 4.69) is 40.5 Å². The van der Waals surface area contributed by atoms with Crippen LogP contribution in [0.1, 0.15) is 18.4 Å². The average molecular weight is 397 g/mol. The van der Waals surface area contributed by atoms with Crippen LogP contribution < -0.4 is 10.1 Å². The van der Waals surface area contributed by atoms with E-state index in [0.717, 1.165) is 41.8 Å². The molecule has 3 rings (SSSR count). The van der Waals surface area contributed by atoms with Gasteiger partial charge in [-0.05, 0) is 50.6 Å². The lowest BCUT2D eigenvalue weighted by atomic mass is 9.74. The number of rotatable bonds is 8. The number of ether oxygens (including phenoxy) is 2. The van der Waals surface area contributed by atoms with Crippen LogP contribution in [0.4, 0.5) is 0 Å². The summed E-state index contributed by atoms with van der Waals surface area (Å²) in [5.41, 5.74) is 2.92. The zero-order valence-electron chi connectivity index (χ0n) is 17.7. The highest BCUT2D eigenvalue weighted by Crippen LogP contribution is 2.36. The minimum absolute atomic E-state index is 0.144. The maximum Gasteiger partial charge on any atom is 0.226 e. The van der Waals surface area contributed by atoms with Crippen molar-refractivity contribution in [1.82, 2.24) is 10.2 Å². The van der Waals surface area contributed by atoms with Gasteiger partial charge in [0, 0.05) is 31.9 Å². The maximum absolute atomic E-state index is 13.2. The number of carbonyl (C=O) groups is 1. The first-order chi connectivity index (χ1) is 14.0. The molecule has 0 aliphatic carbocycles. The molecule has 0 spiro atoms. The van der Waals surface area contributed by atoms with Crippen LogP contribution in [0, 0.1) is 5.41 Å². The molecule has 0 atom stereocenters. The van der Waals surface area contributed by atoms with Crippen molar-refractivity contribution < 1.29 is 14.3 Å². The number of nitrogens with one attached hydrogen (secondary N) is 1. The van der Waals surface area contributed by atoms with Gasteiger partial charge in [0.15, 0.2) is 0 Å². The van der Waals surface area contributed by atoms with E-state index >= 15 is 0 Å². The summed E-state index contributed by atoms with van der Waals surface area (Å²) in [5.74, 6) is 0.997. The van der Waals surface area contributed by atoms with E-state index in [0.29, 0.717) is 26.2 Å². The Morgan fingerprint density at radius 3 is 2.62 bits per heavy atom. The highest BCUT2D eigenvalue weighted by molar-refractivity contribution is 5.83. The van der Waals surface area contributed by atoms with Crippen molar-refractivity contribution in [3.63, 3.8) is 0 Å². The van der Waals surface area contributed by atoms with E-state index in [-0.39, 0.29) is 5.91 Å². The smallest absolute Gasteiger partial charge is 0.226 e. The zero-order valence-corrected chi connectivity index (χ0v) is 17.7. The molecule has 29 heavy (non-hydrogen) atoms. The zero-order chi connectivity index (χ0) is 20.7. The molecule has 1 fully saturated rings. The van der Waals surface area contributed by atoms with E-state index in [4.69, 9.17) is 9.47 Å². The van der Waals surface area contributed by atoms with Gasteiger partial charge < -0.3 is 19.7 Å². The van der Waals surface area contributed by atoms with E-state index in [9.17, 15) is 4.79 Å². The van der Waals surface area contributed by atoms with Gasteiger partial charge in [-0.25, -0.2) is 0 Å². The van der Waals surface area contributed by atoms with E-state index in [1.54, 1.807) is 7.11 Å². The molecular weight excluding hydrogens is 364 g/mol. The summed E-state index contributed by atoms with van der Waals surface area (Å²) in [6, 6.07) is 16.5. The van der Waals surface area contributed by atoms with Crippen LogP contribution in [-0.2, 0) is 16.0 Å². The fraction of sp³-hybridized carbons (Fsp3) is 0.458. The highest BCUT2D eigenvalue weighted by atomic mass is 16.5. The van der Waals surface area contributed by atoms with E-state index < -0.39 is 5.41 Å². The molecule has 1 aliphatic rings. The Kier molecular flexibility index (Phi) is 7.29. The van der Waals surface area contributed by atoms with Crippen molar-refractivity contribution in [3.05, 3.63) is 54.1 Å². The second-order valence-corrected chi connectivity index (χ2v) is 8.03. The lowest BCUT2D eigenvalue weighted by Gasteiger charge is -2.36. The minimum atomic E-state index is -0.413. The summed E-state index contributed by atoms with van der Waals surface area (Å²) >= 11 is 0.